The first-order chi connectivity index (χ1) is 13.8. The average Bonchev–Trinajstić information content (AvgIpc) is 3.21. The minimum atomic E-state index is -0.177. The fourth-order valence-electron chi connectivity index (χ4n) is 2.85. The van der Waals surface area contributed by atoms with Crippen LogP contribution in [0, 0.1) is 0 Å². The number of carbonyl (C=O) groups excluding carboxylic acids is 1. The van der Waals surface area contributed by atoms with Gasteiger partial charge in [-0.2, -0.15) is 0 Å². The fourth-order valence-corrected chi connectivity index (χ4v) is 4.56. The molecule has 28 heavy (non-hydrogen) atoms. The minimum Gasteiger partial charge on any atom is -0.378 e. The highest BCUT2D eigenvalue weighted by Gasteiger charge is 2.14. The molecule has 0 radical (unpaired) electrons. The second kappa shape index (κ2) is 9.18. The van der Waals surface area contributed by atoms with Crippen molar-refractivity contribution in [2.75, 3.05) is 36.5 Å². The summed E-state index contributed by atoms with van der Waals surface area (Å²) < 4.78 is 6.21. The molecule has 1 N–H and O–H groups in total. The monoisotopic (exact) mass is 412 g/mol. The molecule has 1 aliphatic heterocycles. The number of benzene rings is 2. The standard InChI is InChI=1S/C20H20N4O2S2/c25-18(16-6-8-17(9-7-16)24-10-12-26-13-11-24)21-19-22-23-20(28-19)27-14-15-4-2-1-3-5-15/h1-9H,10-14H2,(H,21,22,25). The van der Waals surface area contributed by atoms with E-state index in [9.17, 15) is 4.79 Å². The van der Waals surface area contributed by atoms with Crippen LogP contribution in [0.5, 0.6) is 0 Å². The Bertz CT molecular complexity index is 909. The number of hydrogen-bond acceptors (Lipinski definition) is 7. The van der Waals surface area contributed by atoms with Gasteiger partial charge in [-0.1, -0.05) is 53.4 Å². The third-order valence-electron chi connectivity index (χ3n) is 4.34. The van der Waals surface area contributed by atoms with Gasteiger partial charge in [0.05, 0.1) is 13.2 Å². The predicted molar refractivity (Wildman–Crippen MR) is 113 cm³/mol. The summed E-state index contributed by atoms with van der Waals surface area (Å²) in [6, 6.07) is 17.8. The molecule has 6 nitrogen and oxygen atoms in total. The zero-order chi connectivity index (χ0) is 19.2. The zero-order valence-corrected chi connectivity index (χ0v) is 16.8. The van der Waals surface area contributed by atoms with E-state index in [-0.39, 0.29) is 5.91 Å². The van der Waals surface area contributed by atoms with Crippen LogP contribution in [0.4, 0.5) is 10.8 Å². The molecule has 0 unspecified atom stereocenters. The molecule has 0 bridgehead atoms. The summed E-state index contributed by atoms with van der Waals surface area (Å²) in [5.41, 5.74) is 2.94. The fraction of sp³-hybridized carbons (Fsp3) is 0.250. The number of anilines is 2. The lowest BCUT2D eigenvalue weighted by atomic mass is 10.2. The van der Waals surface area contributed by atoms with E-state index >= 15 is 0 Å². The number of ether oxygens (including phenoxy) is 1. The van der Waals surface area contributed by atoms with Crippen molar-refractivity contribution in [3.8, 4) is 0 Å². The highest BCUT2D eigenvalue weighted by atomic mass is 32.2. The first kappa shape index (κ1) is 18.9. The summed E-state index contributed by atoms with van der Waals surface area (Å²) in [6.45, 7) is 3.23. The molecule has 1 aliphatic rings. The number of aromatic nitrogens is 2. The summed E-state index contributed by atoms with van der Waals surface area (Å²) in [6.07, 6.45) is 0. The molecule has 0 aliphatic carbocycles. The lowest BCUT2D eigenvalue weighted by Gasteiger charge is -2.28. The lowest BCUT2D eigenvalue weighted by molar-refractivity contribution is 0.102. The number of amides is 1. The molecule has 0 atom stereocenters. The molecule has 0 saturated carbocycles. The maximum atomic E-state index is 12.5. The molecule has 2 heterocycles. The third-order valence-corrected chi connectivity index (χ3v) is 6.38. The molecule has 0 spiro atoms. The van der Waals surface area contributed by atoms with Crippen molar-refractivity contribution in [2.45, 2.75) is 10.1 Å². The van der Waals surface area contributed by atoms with Crippen molar-refractivity contribution in [3.05, 3.63) is 65.7 Å². The van der Waals surface area contributed by atoms with E-state index in [1.807, 2.05) is 42.5 Å². The number of thioether (sulfide) groups is 1. The Hall–Kier alpha value is -2.42. The first-order valence-corrected chi connectivity index (χ1v) is 10.8. The average molecular weight is 413 g/mol. The summed E-state index contributed by atoms with van der Waals surface area (Å²) in [5, 5.41) is 11.6. The largest absolute Gasteiger partial charge is 0.378 e. The third kappa shape index (κ3) is 4.89. The molecule has 2 aromatic carbocycles. The summed E-state index contributed by atoms with van der Waals surface area (Å²) in [7, 11) is 0. The van der Waals surface area contributed by atoms with Crippen molar-refractivity contribution in [2.24, 2.45) is 0 Å². The highest BCUT2D eigenvalue weighted by molar-refractivity contribution is 8.00. The molecule has 1 fully saturated rings. The van der Waals surface area contributed by atoms with Crippen LogP contribution < -0.4 is 10.2 Å². The van der Waals surface area contributed by atoms with Gasteiger partial charge in [0.15, 0.2) is 4.34 Å². The molecule has 4 rings (SSSR count). The van der Waals surface area contributed by atoms with E-state index in [0.29, 0.717) is 10.7 Å². The van der Waals surface area contributed by atoms with Crippen LogP contribution in [0.1, 0.15) is 15.9 Å². The van der Waals surface area contributed by atoms with Crippen molar-refractivity contribution in [1.82, 2.24) is 10.2 Å². The number of nitrogens with one attached hydrogen (secondary N) is 1. The predicted octanol–water partition coefficient (Wildman–Crippen LogP) is 3.92. The van der Waals surface area contributed by atoms with E-state index in [1.165, 1.54) is 16.9 Å². The molecule has 8 heteroatoms. The van der Waals surface area contributed by atoms with E-state index in [4.69, 9.17) is 4.74 Å². The smallest absolute Gasteiger partial charge is 0.257 e. The van der Waals surface area contributed by atoms with Crippen LogP contribution in [-0.4, -0.2) is 42.4 Å². The van der Waals surface area contributed by atoms with E-state index in [1.54, 1.807) is 11.8 Å². The summed E-state index contributed by atoms with van der Waals surface area (Å²) >= 11 is 3.00. The van der Waals surface area contributed by atoms with Crippen molar-refractivity contribution in [3.63, 3.8) is 0 Å². The van der Waals surface area contributed by atoms with Gasteiger partial charge >= 0.3 is 0 Å². The van der Waals surface area contributed by atoms with Gasteiger partial charge in [-0.3, -0.25) is 10.1 Å². The number of carbonyl (C=O) groups is 1. The maximum absolute atomic E-state index is 12.5. The van der Waals surface area contributed by atoms with Gasteiger partial charge in [0, 0.05) is 30.1 Å². The molecule has 1 amide bonds. The van der Waals surface area contributed by atoms with E-state index in [2.05, 4.69) is 32.5 Å². The van der Waals surface area contributed by atoms with Crippen LogP contribution in [-0.2, 0) is 10.5 Å². The van der Waals surface area contributed by atoms with Crippen LogP contribution in [0.2, 0.25) is 0 Å². The SMILES string of the molecule is O=C(Nc1nnc(SCc2ccccc2)s1)c1ccc(N2CCOCC2)cc1. The summed E-state index contributed by atoms with van der Waals surface area (Å²) in [4.78, 5) is 14.7. The Balaban J connectivity index is 1.32. The molecular formula is C20H20N4O2S2. The van der Waals surface area contributed by atoms with Crippen LogP contribution in [0.15, 0.2) is 58.9 Å². The molecule has 1 saturated heterocycles. The number of nitrogens with zero attached hydrogens (tertiary/aromatic N) is 3. The van der Waals surface area contributed by atoms with Gasteiger partial charge in [-0.05, 0) is 29.8 Å². The van der Waals surface area contributed by atoms with Gasteiger partial charge in [0.25, 0.3) is 5.91 Å². The Morgan fingerprint density at radius 3 is 2.57 bits per heavy atom. The first-order valence-electron chi connectivity index (χ1n) is 9.02. The summed E-state index contributed by atoms with van der Waals surface area (Å²) in [5.74, 6) is 0.649. The Kier molecular flexibility index (Phi) is 6.20. The minimum absolute atomic E-state index is 0.177. The van der Waals surface area contributed by atoms with Crippen LogP contribution >= 0.6 is 23.1 Å². The van der Waals surface area contributed by atoms with Crippen molar-refractivity contribution in [1.29, 1.82) is 0 Å². The zero-order valence-electron chi connectivity index (χ0n) is 15.2. The number of hydrogen-bond donors (Lipinski definition) is 1. The second-order valence-corrected chi connectivity index (χ2v) is 8.45. The van der Waals surface area contributed by atoms with Crippen LogP contribution in [0.3, 0.4) is 0 Å². The molecule has 3 aromatic rings. The van der Waals surface area contributed by atoms with Gasteiger partial charge < -0.3 is 9.64 Å². The maximum Gasteiger partial charge on any atom is 0.257 e. The van der Waals surface area contributed by atoms with E-state index in [0.717, 1.165) is 42.1 Å². The Morgan fingerprint density at radius 2 is 1.82 bits per heavy atom. The van der Waals surface area contributed by atoms with Crippen molar-refractivity contribution < 1.29 is 9.53 Å². The van der Waals surface area contributed by atoms with Crippen molar-refractivity contribution >= 4 is 39.8 Å². The molecule has 1 aromatic heterocycles. The highest BCUT2D eigenvalue weighted by Crippen LogP contribution is 2.28. The van der Waals surface area contributed by atoms with Gasteiger partial charge in [0.2, 0.25) is 5.13 Å². The Morgan fingerprint density at radius 1 is 1.07 bits per heavy atom. The Labute approximate surface area is 171 Å². The molecular weight excluding hydrogens is 392 g/mol. The van der Waals surface area contributed by atoms with Crippen LogP contribution in [0.25, 0.3) is 0 Å². The number of morpholine rings is 1. The van der Waals surface area contributed by atoms with E-state index < -0.39 is 0 Å². The normalized spacial score (nSPS) is 14.1. The van der Waals surface area contributed by atoms with Gasteiger partial charge in [-0.15, -0.1) is 10.2 Å². The van der Waals surface area contributed by atoms with Gasteiger partial charge in [0.1, 0.15) is 0 Å². The molecule has 144 valence electrons. The lowest BCUT2D eigenvalue weighted by Crippen LogP contribution is -2.36. The van der Waals surface area contributed by atoms with Gasteiger partial charge in [-0.25, -0.2) is 0 Å². The topological polar surface area (TPSA) is 67.4 Å². The second-order valence-electron chi connectivity index (χ2n) is 6.25. The quantitative estimate of drug-likeness (QED) is 0.489. The number of rotatable bonds is 6.